The summed E-state index contributed by atoms with van der Waals surface area (Å²) >= 11 is 1.52. The Morgan fingerprint density at radius 1 is 1.32 bits per heavy atom. The van der Waals surface area contributed by atoms with Crippen LogP contribution in [0.3, 0.4) is 0 Å². The van der Waals surface area contributed by atoms with Crippen LogP contribution in [0.5, 0.6) is 5.75 Å². The molecule has 1 amide bonds. The molecule has 2 rings (SSSR count). The number of nitrogens with one attached hydrogen (secondary N) is 1. The molecule has 100 valence electrons. The van der Waals surface area contributed by atoms with Gasteiger partial charge in [-0.25, -0.2) is 0 Å². The van der Waals surface area contributed by atoms with Crippen molar-refractivity contribution in [2.45, 2.75) is 13.0 Å². The second-order valence-electron chi connectivity index (χ2n) is 4.18. The van der Waals surface area contributed by atoms with Gasteiger partial charge in [-0.15, -0.1) is 11.3 Å². The average Bonchev–Trinajstić information content (AvgIpc) is 2.82. The summed E-state index contributed by atoms with van der Waals surface area (Å²) in [5.74, 6) is 0.384. The number of carbonyl (C=O) groups is 1. The van der Waals surface area contributed by atoms with Gasteiger partial charge in [0.2, 0.25) is 5.91 Å². The quantitative estimate of drug-likeness (QED) is 0.882. The largest absolute Gasteiger partial charge is 0.497 e. The molecule has 1 heterocycles. The van der Waals surface area contributed by atoms with Crippen LogP contribution in [0.15, 0.2) is 35.7 Å². The van der Waals surface area contributed by atoms with Gasteiger partial charge in [0, 0.05) is 10.6 Å². The molecule has 1 atom stereocenters. The van der Waals surface area contributed by atoms with E-state index in [1.165, 1.54) is 11.3 Å². The Morgan fingerprint density at radius 2 is 2.00 bits per heavy atom. The Kier molecular flexibility index (Phi) is 4.06. The van der Waals surface area contributed by atoms with Crippen LogP contribution in [-0.2, 0) is 4.79 Å². The number of thiophene rings is 1. The van der Waals surface area contributed by atoms with Gasteiger partial charge in [0.1, 0.15) is 11.8 Å². The third kappa shape index (κ3) is 3.06. The molecule has 0 aliphatic carbocycles. The van der Waals surface area contributed by atoms with Crippen LogP contribution >= 0.6 is 11.3 Å². The zero-order chi connectivity index (χ0) is 13.8. The maximum atomic E-state index is 11.6. The fraction of sp³-hybridized carbons (Fsp3) is 0.214. The van der Waals surface area contributed by atoms with Crippen molar-refractivity contribution in [2.24, 2.45) is 5.73 Å². The van der Waals surface area contributed by atoms with E-state index in [0.29, 0.717) is 0 Å². The third-order valence-electron chi connectivity index (χ3n) is 2.85. The highest BCUT2D eigenvalue weighted by Crippen LogP contribution is 2.27. The summed E-state index contributed by atoms with van der Waals surface area (Å²) in [6.45, 7) is 1.97. The molecule has 0 saturated heterocycles. The fourth-order valence-corrected chi connectivity index (χ4v) is 2.78. The van der Waals surface area contributed by atoms with Gasteiger partial charge in [0.25, 0.3) is 0 Å². The van der Waals surface area contributed by atoms with E-state index in [-0.39, 0.29) is 5.91 Å². The standard InChI is InChI=1S/C14H16N2O2S/c1-9-7-8-19-13(9)12(14(15)17)16-10-3-5-11(18-2)6-4-10/h3-8,12,16H,1-2H3,(H2,15,17). The highest BCUT2D eigenvalue weighted by molar-refractivity contribution is 7.10. The summed E-state index contributed by atoms with van der Waals surface area (Å²) in [6, 6.07) is 8.86. The van der Waals surface area contributed by atoms with Crippen LogP contribution in [0.25, 0.3) is 0 Å². The van der Waals surface area contributed by atoms with Gasteiger partial charge in [0.05, 0.1) is 7.11 Å². The lowest BCUT2D eigenvalue weighted by molar-refractivity contribution is -0.118. The van der Waals surface area contributed by atoms with Crippen molar-refractivity contribution < 1.29 is 9.53 Å². The van der Waals surface area contributed by atoms with E-state index in [0.717, 1.165) is 21.9 Å². The molecule has 0 saturated carbocycles. The number of hydrogen-bond acceptors (Lipinski definition) is 4. The van der Waals surface area contributed by atoms with E-state index in [1.807, 2.05) is 42.6 Å². The number of carbonyl (C=O) groups excluding carboxylic acids is 1. The van der Waals surface area contributed by atoms with Crippen molar-refractivity contribution >= 4 is 22.9 Å². The van der Waals surface area contributed by atoms with Crippen molar-refractivity contribution in [1.82, 2.24) is 0 Å². The lowest BCUT2D eigenvalue weighted by Crippen LogP contribution is -2.27. The lowest BCUT2D eigenvalue weighted by Gasteiger charge is -2.16. The average molecular weight is 276 g/mol. The number of benzene rings is 1. The summed E-state index contributed by atoms with van der Waals surface area (Å²) in [6.07, 6.45) is 0. The molecular formula is C14H16N2O2S. The zero-order valence-electron chi connectivity index (χ0n) is 10.8. The second kappa shape index (κ2) is 5.75. The van der Waals surface area contributed by atoms with Crippen LogP contribution < -0.4 is 15.8 Å². The number of methoxy groups -OCH3 is 1. The molecule has 0 aliphatic rings. The van der Waals surface area contributed by atoms with E-state index in [1.54, 1.807) is 7.11 Å². The van der Waals surface area contributed by atoms with Crippen LogP contribution in [0, 0.1) is 6.92 Å². The van der Waals surface area contributed by atoms with E-state index >= 15 is 0 Å². The topological polar surface area (TPSA) is 64.3 Å². The predicted octanol–water partition coefficient (Wildman–Crippen LogP) is 2.70. The van der Waals surface area contributed by atoms with E-state index in [2.05, 4.69) is 5.32 Å². The molecule has 1 aromatic carbocycles. The molecule has 2 aromatic rings. The smallest absolute Gasteiger partial charge is 0.245 e. The number of amides is 1. The Labute approximate surface area is 116 Å². The van der Waals surface area contributed by atoms with Gasteiger partial charge in [0.15, 0.2) is 0 Å². The molecule has 0 radical (unpaired) electrons. The van der Waals surface area contributed by atoms with Gasteiger partial charge < -0.3 is 15.8 Å². The Hall–Kier alpha value is -2.01. The minimum atomic E-state index is -0.506. The number of aryl methyl sites for hydroxylation is 1. The van der Waals surface area contributed by atoms with Crippen molar-refractivity contribution in [3.63, 3.8) is 0 Å². The normalized spacial score (nSPS) is 11.9. The highest BCUT2D eigenvalue weighted by atomic mass is 32.1. The Balaban J connectivity index is 2.21. The first-order chi connectivity index (χ1) is 9.11. The molecule has 5 heteroatoms. The van der Waals surface area contributed by atoms with Gasteiger partial charge >= 0.3 is 0 Å². The highest BCUT2D eigenvalue weighted by Gasteiger charge is 2.20. The van der Waals surface area contributed by atoms with Crippen molar-refractivity contribution in [2.75, 3.05) is 12.4 Å². The first kappa shape index (κ1) is 13.4. The molecule has 1 unspecified atom stereocenters. The number of nitrogens with two attached hydrogens (primary N) is 1. The van der Waals surface area contributed by atoms with Gasteiger partial charge in [-0.2, -0.15) is 0 Å². The molecule has 19 heavy (non-hydrogen) atoms. The summed E-state index contributed by atoms with van der Waals surface area (Å²) in [5, 5.41) is 5.11. The second-order valence-corrected chi connectivity index (χ2v) is 5.12. The number of primary amides is 1. The summed E-state index contributed by atoms with van der Waals surface area (Å²) in [7, 11) is 1.61. The van der Waals surface area contributed by atoms with Gasteiger partial charge in [-0.05, 0) is 48.2 Å². The predicted molar refractivity (Wildman–Crippen MR) is 77.6 cm³/mol. The molecule has 1 aromatic heterocycles. The molecule has 3 N–H and O–H groups in total. The maximum absolute atomic E-state index is 11.6. The monoisotopic (exact) mass is 276 g/mol. The van der Waals surface area contributed by atoms with Gasteiger partial charge in [-0.1, -0.05) is 0 Å². The minimum absolute atomic E-state index is 0.388. The van der Waals surface area contributed by atoms with Crippen LogP contribution in [0.4, 0.5) is 5.69 Å². The fourth-order valence-electron chi connectivity index (χ4n) is 1.80. The van der Waals surface area contributed by atoms with Crippen molar-refractivity contribution in [3.05, 3.63) is 46.2 Å². The first-order valence-electron chi connectivity index (χ1n) is 5.85. The van der Waals surface area contributed by atoms with Crippen LogP contribution in [-0.4, -0.2) is 13.0 Å². The SMILES string of the molecule is COc1ccc(NC(C(N)=O)c2sccc2C)cc1. The lowest BCUT2D eigenvalue weighted by atomic mass is 10.1. The number of anilines is 1. The molecule has 0 aliphatic heterocycles. The van der Waals surface area contributed by atoms with Crippen molar-refractivity contribution in [3.8, 4) is 5.75 Å². The summed E-state index contributed by atoms with van der Waals surface area (Å²) < 4.78 is 5.10. The zero-order valence-corrected chi connectivity index (χ0v) is 11.7. The van der Waals surface area contributed by atoms with E-state index in [9.17, 15) is 4.79 Å². The van der Waals surface area contributed by atoms with E-state index in [4.69, 9.17) is 10.5 Å². The van der Waals surface area contributed by atoms with Crippen LogP contribution in [0.1, 0.15) is 16.5 Å². The maximum Gasteiger partial charge on any atom is 0.245 e. The first-order valence-corrected chi connectivity index (χ1v) is 6.73. The minimum Gasteiger partial charge on any atom is -0.497 e. The number of hydrogen-bond donors (Lipinski definition) is 2. The summed E-state index contributed by atoms with van der Waals surface area (Å²) in [4.78, 5) is 12.6. The Morgan fingerprint density at radius 3 is 2.47 bits per heavy atom. The number of rotatable bonds is 5. The molecular weight excluding hydrogens is 260 g/mol. The number of ether oxygens (including phenoxy) is 1. The molecule has 0 bridgehead atoms. The van der Waals surface area contributed by atoms with Crippen molar-refractivity contribution in [1.29, 1.82) is 0 Å². The molecule has 4 nitrogen and oxygen atoms in total. The third-order valence-corrected chi connectivity index (χ3v) is 3.93. The van der Waals surface area contributed by atoms with Crippen LogP contribution in [0.2, 0.25) is 0 Å². The van der Waals surface area contributed by atoms with Gasteiger partial charge in [-0.3, -0.25) is 4.79 Å². The Bertz CT molecular complexity index is 563. The summed E-state index contributed by atoms with van der Waals surface area (Å²) in [5.41, 5.74) is 7.38. The molecule has 0 fully saturated rings. The van der Waals surface area contributed by atoms with E-state index < -0.39 is 6.04 Å². The molecule has 0 spiro atoms.